The fraction of sp³-hybridized carbons (Fsp3) is 0. The predicted octanol–water partition coefficient (Wildman–Crippen LogP) is 15.2. The lowest BCUT2D eigenvalue weighted by Gasteiger charge is -2.07. The molecule has 6 aromatic rings. The molecule has 0 spiro atoms. The van der Waals surface area contributed by atoms with E-state index < -0.39 is 0 Å². The first kappa shape index (κ1) is 30.7. The minimum absolute atomic E-state index is 1.23. The molecule has 2 heterocycles. The number of benzene rings is 4. The third-order valence-corrected chi connectivity index (χ3v) is 12.6. The van der Waals surface area contributed by atoms with Crippen LogP contribution in [0.3, 0.4) is 0 Å². The van der Waals surface area contributed by atoms with Crippen molar-refractivity contribution in [2.75, 3.05) is 0 Å². The molecule has 0 fully saturated rings. The third-order valence-electron chi connectivity index (χ3n) is 10.2. The van der Waals surface area contributed by atoms with E-state index in [0.717, 1.165) is 0 Å². The normalized spacial score (nSPS) is 11.5. The molecule has 0 unspecified atom stereocenters. The van der Waals surface area contributed by atoms with E-state index in [1.807, 2.05) is 22.7 Å². The second-order valence-corrected chi connectivity index (χ2v) is 15.5. The average molecular weight is 697 g/mol. The van der Waals surface area contributed by atoms with Crippen LogP contribution in [-0.4, -0.2) is 0 Å². The smallest absolute Gasteiger partial charge is 0.0463 e. The molecule has 2 heteroatoms. The molecule has 2 aromatic heterocycles. The molecule has 244 valence electrons. The zero-order chi connectivity index (χ0) is 34.4. The number of hydrogen-bond acceptors (Lipinski definition) is 2. The summed E-state index contributed by atoms with van der Waals surface area (Å²) >= 11 is 3.76. The number of thiophene rings is 2. The Bertz CT molecular complexity index is 2520. The van der Waals surface area contributed by atoms with Gasteiger partial charge in [-0.25, -0.2) is 0 Å². The van der Waals surface area contributed by atoms with Crippen LogP contribution < -0.4 is 0 Å². The first-order chi connectivity index (χ1) is 25.7. The van der Waals surface area contributed by atoms with Crippen molar-refractivity contribution in [1.29, 1.82) is 0 Å². The second-order valence-electron chi connectivity index (χ2n) is 13.3. The van der Waals surface area contributed by atoms with E-state index in [1.54, 1.807) is 0 Å². The van der Waals surface area contributed by atoms with E-state index in [-0.39, 0.29) is 0 Å². The fourth-order valence-electron chi connectivity index (χ4n) is 7.39. The van der Waals surface area contributed by atoms with Gasteiger partial charge in [-0.15, -0.1) is 22.7 Å². The van der Waals surface area contributed by atoms with Crippen LogP contribution in [-0.2, 0) is 0 Å². The maximum absolute atomic E-state index is 2.36. The quantitative estimate of drug-likeness (QED) is 0.162. The van der Waals surface area contributed by atoms with Crippen LogP contribution in [0.4, 0.5) is 0 Å². The highest BCUT2D eigenvalue weighted by molar-refractivity contribution is 7.31. The second kappa shape index (κ2) is 12.9. The van der Waals surface area contributed by atoms with Gasteiger partial charge in [0.25, 0.3) is 0 Å². The topological polar surface area (TPSA) is 0 Å². The summed E-state index contributed by atoms with van der Waals surface area (Å²) in [6.07, 6.45) is 0. The molecule has 4 aliphatic rings. The Balaban J connectivity index is 0.831. The summed E-state index contributed by atoms with van der Waals surface area (Å²) in [6.45, 7) is 0. The number of rotatable bonds is 6. The van der Waals surface area contributed by atoms with E-state index in [9.17, 15) is 0 Å². The Kier molecular flexibility index (Phi) is 7.64. The van der Waals surface area contributed by atoms with Crippen molar-refractivity contribution >= 4 is 32.1 Å². The van der Waals surface area contributed by atoms with Gasteiger partial charge < -0.3 is 0 Å². The summed E-state index contributed by atoms with van der Waals surface area (Å²) in [5.74, 6) is 0. The number of hydrogen-bond donors (Lipinski definition) is 0. The van der Waals surface area contributed by atoms with Crippen molar-refractivity contribution in [3.63, 3.8) is 0 Å². The Labute approximate surface area is 312 Å². The zero-order valence-corrected chi connectivity index (χ0v) is 29.9. The molecule has 0 bridgehead atoms. The monoisotopic (exact) mass is 696 g/mol. The molecule has 0 saturated heterocycles. The van der Waals surface area contributed by atoms with Gasteiger partial charge in [0, 0.05) is 19.2 Å². The lowest BCUT2D eigenvalue weighted by molar-refractivity contribution is 1.61. The van der Waals surface area contributed by atoms with Crippen molar-refractivity contribution in [3.8, 4) is 87.6 Å². The van der Waals surface area contributed by atoms with Crippen molar-refractivity contribution in [1.82, 2.24) is 0 Å². The average Bonchev–Trinajstić information content (AvgIpc) is 3.92. The van der Waals surface area contributed by atoms with Crippen LogP contribution in [0.25, 0.3) is 97.0 Å². The molecule has 52 heavy (non-hydrogen) atoms. The predicted molar refractivity (Wildman–Crippen MR) is 226 cm³/mol. The van der Waals surface area contributed by atoms with Gasteiger partial charge in [-0.3, -0.25) is 0 Å². The first-order valence-corrected chi connectivity index (χ1v) is 19.3. The van der Waals surface area contributed by atoms with Crippen molar-refractivity contribution in [2.45, 2.75) is 0 Å². The number of fused-ring (bicyclic) bond motifs is 3. The summed E-state index contributed by atoms with van der Waals surface area (Å²) in [5.41, 5.74) is 17.7. The molecule has 4 aliphatic carbocycles. The summed E-state index contributed by atoms with van der Waals surface area (Å²) in [5, 5.41) is 0. The first-order valence-electron chi connectivity index (χ1n) is 17.6. The standard InChI is InChI=1S/C50H32S2/c1-3-7-37-27-29-45(43(37)9-5-1)39-19-11-33(12-20-39)35-15-23-41(24-16-35)47-31-49-50(51-47)32-48(52-49)42-25-17-36(18-26-42)34-13-21-40(22-14-34)46-30-28-38-8-4-2-6-10-44(38)46/h1-32H. The van der Waals surface area contributed by atoms with Gasteiger partial charge in [0.15, 0.2) is 0 Å². The molecular formula is C50H32S2. The van der Waals surface area contributed by atoms with Crippen LogP contribution in [0.15, 0.2) is 194 Å². The molecule has 0 aliphatic heterocycles. The molecule has 0 saturated carbocycles. The van der Waals surface area contributed by atoms with E-state index in [1.165, 1.54) is 97.0 Å². The van der Waals surface area contributed by atoms with Crippen LogP contribution >= 0.6 is 22.7 Å². The summed E-state index contributed by atoms with van der Waals surface area (Å²) in [4.78, 5) is 2.63. The van der Waals surface area contributed by atoms with Crippen LogP contribution in [0.1, 0.15) is 0 Å². The molecule has 0 N–H and O–H groups in total. The molecule has 0 atom stereocenters. The SMILES string of the molecule is c1ccc2ccc(-c3ccc(-c4ccc(-c5cc6sc(-c7ccc(-c8ccc(-c9ccc%10cccccc9-%10)cc8)cc7)cc6s5)cc4)cc3)c-2cc1. The van der Waals surface area contributed by atoms with Crippen LogP contribution in [0.2, 0.25) is 0 Å². The van der Waals surface area contributed by atoms with Crippen molar-refractivity contribution in [3.05, 3.63) is 194 Å². The summed E-state index contributed by atoms with van der Waals surface area (Å²) < 4.78 is 2.69. The van der Waals surface area contributed by atoms with Gasteiger partial charge in [-0.05, 0) is 90.0 Å². The Morgan fingerprint density at radius 2 is 0.481 bits per heavy atom. The minimum atomic E-state index is 1.23. The highest BCUT2D eigenvalue weighted by Crippen LogP contribution is 2.43. The Morgan fingerprint density at radius 1 is 0.212 bits per heavy atom. The highest BCUT2D eigenvalue weighted by Gasteiger charge is 2.13. The minimum Gasteiger partial charge on any atom is -0.134 e. The van der Waals surface area contributed by atoms with Gasteiger partial charge in [0.2, 0.25) is 0 Å². The Morgan fingerprint density at radius 3 is 0.865 bits per heavy atom. The molecule has 0 radical (unpaired) electrons. The molecule has 10 rings (SSSR count). The van der Waals surface area contributed by atoms with Gasteiger partial charge in [-0.1, -0.05) is 182 Å². The highest BCUT2D eigenvalue weighted by atomic mass is 32.1. The lowest BCUT2D eigenvalue weighted by atomic mass is 9.98. The van der Waals surface area contributed by atoms with Crippen molar-refractivity contribution in [2.24, 2.45) is 0 Å². The summed E-state index contributed by atoms with van der Waals surface area (Å²) in [7, 11) is 0. The van der Waals surface area contributed by atoms with Gasteiger partial charge >= 0.3 is 0 Å². The van der Waals surface area contributed by atoms with Crippen LogP contribution in [0, 0.1) is 0 Å². The van der Waals surface area contributed by atoms with Gasteiger partial charge in [0.05, 0.1) is 0 Å². The Hall–Kier alpha value is -6.06. The third kappa shape index (κ3) is 5.63. The van der Waals surface area contributed by atoms with E-state index in [4.69, 9.17) is 0 Å². The maximum atomic E-state index is 2.36. The van der Waals surface area contributed by atoms with E-state index in [2.05, 4.69) is 194 Å². The lowest BCUT2D eigenvalue weighted by Crippen LogP contribution is -1.81. The molecule has 0 nitrogen and oxygen atoms in total. The molecular weight excluding hydrogens is 665 g/mol. The fourth-order valence-corrected chi connectivity index (χ4v) is 9.80. The van der Waals surface area contributed by atoms with E-state index in [0.29, 0.717) is 0 Å². The van der Waals surface area contributed by atoms with E-state index >= 15 is 0 Å². The van der Waals surface area contributed by atoms with Crippen molar-refractivity contribution < 1.29 is 0 Å². The zero-order valence-electron chi connectivity index (χ0n) is 28.3. The maximum Gasteiger partial charge on any atom is 0.0463 e. The molecule has 0 amide bonds. The summed E-state index contributed by atoms with van der Waals surface area (Å²) in [6, 6.07) is 70.9. The van der Waals surface area contributed by atoms with Gasteiger partial charge in [-0.2, -0.15) is 0 Å². The largest absolute Gasteiger partial charge is 0.134 e. The van der Waals surface area contributed by atoms with Crippen LogP contribution in [0.5, 0.6) is 0 Å². The van der Waals surface area contributed by atoms with Gasteiger partial charge in [0.1, 0.15) is 0 Å². The molecule has 4 aromatic carbocycles.